The van der Waals surface area contributed by atoms with Crippen molar-refractivity contribution in [2.75, 3.05) is 19.8 Å². The fourth-order valence-electron chi connectivity index (χ4n) is 3.32. The third-order valence-corrected chi connectivity index (χ3v) is 4.61. The van der Waals surface area contributed by atoms with Gasteiger partial charge in [-0.25, -0.2) is 0 Å². The standard InChI is InChI=1S/C14H24N2O2/c1-11-15-14(6-2-3-7-14)13(17)16(11)8-9-18-10-12-4-5-12/h11-12,15H,2-10H2,1H3. The van der Waals surface area contributed by atoms with Crippen molar-refractivity contribution in [2.45, 2.75) is 57.2 Å². The third kappa shape index (κ3) is 2.28. The zero-order chi connectivity index (χ0) is 12.6. The quantitative estimate of drug-likeness (QED) is 0.754. The fourth-order valence-corrected chi connectivity index (χ4v) is 3.32. The van der Waals surface area contributed by atoms with Gasteiger partial charge in [0.05, 0.1) is 18.3 Å². The molecular formula is C14H24N2O2. The minimum Gasteiger partial charge on any atom is -0.379 e. The Kier molecular flexibility index (Phi) is 3.32. The summed E-state index contributed by atoms with van der Waals surface area (Å²) in [5.41, 5.74) is -0.226. The zero-order valence-electron chi connectivity index (χ0n) is 11.3. The second-order valence-corrected chi connectivity index (χ2v) is 6.13. The van der Waals surface area contributed by atoms with Gasteiger partial charge in [-0.1, -0.05) is 12.8 Å². The van der Waals surface area contributed by atoms with Crippen LogP contribution in [0.25, 0.3) is 0 Å². The Labute approximate surface area is 109 Å². The lowest BCUT2D eigenvalue weighted by atomic mass is 9.98. The van der Waals surface area contributed by atoms with Gasteiger partial charge in [-0.15, -0.1) is 0 Å². The van der Waals surface area contributed by atoms with E-state index in [0.717, 1.165) is 31.9 Å². The summed E-state index contributed by atoms with van der Waals surface area (Å²) < 4.78 is 5.65. The number of carbonyl (C=O) groups is 1. The van der Waals surface area contributed by atoms with Crippen molar-refractivity contribution in [1.29, 1.82) is 0 Å². The Morgan fingerprint density at radius 2 is 2.11 bits per heavy atom. The van der Waals surface area contributed by atoms with Crippen LogP contribution in [-0.2, 0) is 9.53 Å². The molecule has 0 aromatic rings. The van der Waals surface area contributed by atoms with Crippen LogP contribution in [0.1, 0.15) is 45.4 Å². The lowest BCUT2D eigenvalue weighted by Gasteiger charge is -2.22. The molecule has 1 heterocycles. The Bertz CT molecular complexity index is 322. The van der Waals surface area contributed by atoms with Crippen LogP contribution in [0.2, 0.25) is 0 Å². The van der Waals surface area contributed by atoms with Crippen LogP contribution in [0.5, 0.6) is 0 Å². The van der Waals surface area contributed by atoms with Gasteiger partial charge in [-0.2, -0.15) is 0 Å². The molecule has 4 heteroatoms. The van der Waals surface area contributed by atoms with Crippen LogP contribution in [0.15, 0.2) is 0 Å². The summed E-state index contributed by atoms with van der Waals surface area (Å²) in [6, 6.07) is 0. The van der Waals surface area contributed by atoms with Crippen LogP contribution >= 0.6 is 0 Å². The monoisotopic (exact) mass is 252 g/mol. The molecule has 4 nitrogen and oxygen atoms in total. The van der Waals surface area contributed by atoms with E-state index >= 15 is 0 Å². The first kappa shape index (κ1) is 12.4. The number of nitrogens with zero attached hydrogens (tertiary/aromatic N) is 1. The first-order chi connectivity index (χ1) is 8.71. The molecule has 1 aliphatic heterocycles. The lowest BCUT2D eigenvalue weighted by Crippen LogP contribution is -2.44. The molecule has 1 atom stereocenters. The van der Waals surface area contributed by atoms with Gasteiger partial charge >= 0.3 is 0 Å². The molecule has 3 rings (SSSR count). The van der Waals surface area contributed by atoms with Crippen molar-refractivity contribution in [3.8, 4) is 0 Å². The summed E-state index contributed by atoms with van der Waals surface area (Å²) >= 11 is 0. The molecule has 1 unspecified atom stereocenters. The highest BCUT2D eigenvalue weighted by molar-refractivity contribution is 5.89. The minimum absolute atomic E-state index is 0.167. The Morgan fingerprint density at radius 3 is 2.78 bits per heavy atom. The highest BCUT2D eigenvalue weighted by atomic mass is 16.5. The van der Waals surface area contributed by atoms with E-state index in [1.807, 2.05) is 4.90 Å². The van der Waals surface area contributed by atoms with Gasteiger partial charge in [0.25, 0.3) is 0 Å². The predicted octanol–water partition coefficient (Wildman–Crippen LogP) is 1.50. The Morgan fingerprint density at radius 1 is 1.39 bits per heavy atom. The zero-order valence-corrected chi connectivity index (χ0v) is 11.3. The van der Waals surface area contributed by atoms with Crippen LogP contribution in [0.3, 0.4) is 0 Å². The van der Waals surface area contributed by atoms with Crippen molar-refractivity contribution in [2.24, 2.45) is 5.92 Å². The first-order valence-electron chi connectivity index (χ1n) is 7.38. The maximum Gasteiger partial charge on any atom is 0.244 e. The number of hydrogen-bond acceptors (Lipinski definition) is 3. The third-order valence-electron chi connectivity index (χ3n) is 4.61. The molecule has 2 aliphatic carbocycles. The predicted molar refractivity (Wildman–Crippen MR) is 69.1 cm³/mol. The van der Waals surface area contributed by atoms with Gasteiger partial charge in [-0.05, 0) is 38.5 Å². The van der Waals surface area contributed by atoms with Crippen molar-refractivity contribution in [1.82, 2.24) is 10.2 Å². The lowest BCUT2D eigenvalue weighted by molar-refractivity contribution is -0.133. The van der Waals surface area contributed by atoms with E-state index in [0.29, 0.717) is 12.5 Å². The van der Waals surface area contributed by atoms with Crippen LogP contribution < -0.4 is 5.32 Å². The fraction of sp³-hybridized carbons (Fsp3) is 0.929. The Hall–Kier alpha value is -0.610. The van der Waals surface area contributed by atoms with E-state index in [9.17, 15) is 4.79 Å². The number of ether oxygens (including phenoxy) is 1. The van der Waals surface area contributed by atoms with E-state index in [4.69, 9.17) is 4.74 Å². The topological polar surface area (TPSA) is 41.6 Å². The number of carbonyl (C=O) groups excluding carboxylic acids is 1. The maximum atomic E-state index is 12.5. The second-order valence-electron chi connectivity index (χ2n) is 6.13. The average molecular weight is 252 g/mol. The summed E-state index contributed by atoms with van der Waals surface area (Å²) in [6.07, 6.45) is 7.19. The van der Waals surface area contributed by atoms with Crippen molar-refractivity contribution in [3.05, 3.63) is 0 Å². The van der Waals surface area contributed by atoms with Gasteiger partial charge in [0.2, 0.25) is 5.91 Å². The average Bonchev–Trinajstić information content (AvgIpc) is 3.01. The van der Waals surface area contributed by atoms with E-state index in [-0.39, 0.29) is 11.7 Å². The highest BCUT2D eigenvalue weighted by Gasteiger charge is 2.50. The van der Waals surface area contributed by atoms with E-state index in [1.165, 1.54) is 25.7 Å². The first-order valence-corrected chi connectivity index (χ1v) is 7.38. The number of amides is 1. The largest absolute Gasteiger partial charge is 0.379 e. The van der Waals surface area contributed by atoms with Gasteiger partial charge in [0.15, 0.2) is 0 Å². The normalized spacial score (nSPS) is 30.6. The number of nitrogens with one attached hydrogen (secondary N) is 1. The molecule has 0 bridgehead atoms. The van der Waals surface area contributed by atoms with Crippen LogP contribution in [-0.4, -0.2) is 42.3 Å². The molecule has 0 radical (unpaired) electrons. The van der Waals surface area contributed by atoms with Crippen LogP contribution in [0.4, 0.5) is 0 Å². The van der Waals surface area contributed by atoms with E-state index in [2.05, 4.69) is 12.2 Å². The Balaban J connectivity index is 1.50. The maximum absolute atomic E-state index is 12.5. The smallest absolute Gasteiger partial charge is 0.244 e. The molecule has 1 amide bonds. The molecule has 18 heavy (non-hydrogen) atoms. The SMILES string of the molecule is CC1NC2(CCCC2)C(=O)N1CCOCC1CC1. The molecule has 3 fully saturated rings. The molecule has 102 valence electrons. The van der Waals surface area contributed by atoms with Gasteiger partial charge in [0.1, 0.15) is 0 Å². The molecule has 1 spiro atoms. The molecule has 0 aromatic carbocycles. The molecule has 2 saturated carbocycles. The van der Waals surface area contributed by atoms with Gasteiger partial charge < -0.3 is 9.64 Å². The number of rotatable bonds is 5. The summed E-state index contributed by atoms with van der Waals surface area (Å²) in [4.78, 5) is 14.5. The summed E-state index contributed by atoms with van der Waals surface area (Å²) in [5, 5.41) is 3.51. The van der Waals surface area contributed by atoms with Gasteiger partial charge in [-0.3, -0.25) is 10.1 Å². The summed E-state index contributed by atoms with van der Waals surface area (Å²) in [7, 11) is 0. The molecule has 3 aliphatic rings. The highest BCUT2D eigenvalue weighted by Crippen LogP contribution is 2.36. The summed E-state index contributed by atoms with van der Waals surface area (Å²) in [5.74, 6) is 1.11. The molecule has 0 aromatic heterocycles. The second kappa shape index (κ2) is 4.82. The molecule has 1 saturated heterocycles. The van der Waals surface area contributed by atoms with Crippen molar-refractivity contribution < 1.29 is 9.53 Å². The molecule has 1 N–H and O–H groups in total. The number of hydrogen-bond donors (Lipinski definition) is 1. The van der Waals surface area contributed by atoms with Crippen molar-refractivity contribution >= 4 is 5.91 Å². The minimum atomic E-state index is -0.226. The van der Waals surface area contributed by atoms with Gasteiger partial charge in [0, 0.05) is 13.2 Å². The van der Waals surface area contributed by atoms with E-state index < -0.39 is 0 Å². The summed E-state index contributed by atoms with van der Waals surface area (Å²) in [6.45, 7) is 4.40. The van der Waals surface area contributed by atoms with Crippen molar-refractivity contribution in [3.63, 3.8) is 0 Å². The van der Waals surface area contributed by atoms with Crippen LogP contribution in [0, 0.1) is 5.92 Å². The molecular weight excluding hydrogens is 228 g/mol. The van der Waals surface area contributed by atoms with E-state index in [1.54, 1.807) is 0 Å².